The Morgan fingerprint density at radius 3 is 2.61 bits per heavy atom. The van der Waals surface area contributed by atoms with E-state index in [4.69, 9.17) is 10.5 Å². The first kappa shape index (κ1) is 16.0. The summed E-state index contributed by atoms with van der Waals surface area (Å²) in [5, 5.41) is 4.08. The van der Waals surface area contributed by atoms with E-state index in [9.17, 15) is 8.42 Å². The summed E-state index contributed by atoms with van der Waals surface area (Å²) in [6, 6.07) is 2.80. The summed E-state index contributed by atoms with van der Waals surface area (Å²) in [7, 11) is -3.55. The number of nitrogens with two attached hydrogens (primary N) is 1. The van der Waals surface area contributed by atoms with Gasteiger partial charge in [-0.3, -0.25) is 0 Å². The summed E-state index contributed by atoms with van der Waals surface area (Å²) in [5.74, 6) is 1.03. The lowest BCUT2D eigenvalue weighted by Gasteiger charge is -2.25. The van der Waals surface area contributed by atoms with Crippen molar-refractivity contribution < 1.29 is 13.2 Å². The smallest absolute Gasteiger partial charge is 0.244 e. The molecule has 23 heavy (non-hydrogen) atoms. The second kappa shape index (κ2) is 6.32. The van der Waals surface area contributed by atoms with E-state index < -0.39 is 10.0 Å². The summed E-state index contributed by atoms with van der Waals surface area (Å²) in [6.07, 6.45) is 2.71. The largest absolute Gasteiger partial charge is 0.379 e. The van der Waals surface area contributed by atoms with Crippen molar-refractivity contribution in [2.45, 2.75) is 17.9 Å². The van der Waals surface area contributed by atoms with Gasteiger partial charge in [0.25, 0.3) is 0 Å². The molecule has 0 amide bonds. The molecular weight excluding hydrogens is 320 g/mol. The van der Waals surface area contributed by atoms with Crippen LogP contribution in [0.2, 0.25) is 0 Å². The highest BCUT2D eigenvalue weighted by Gasteiger charge is 2.26. The van der Waals surface area contributed by atoms with Gasteiger partial charge in [0.1, 0.15) is 11.2 Å². The second-order valence-electron chi connectivity index (χ2n) is 5.19. The number of sulfonamides is 1. The molecule has 1 aliphatic rings. The van der Waals surface area contributed by atoms with Crippen LogP contribution >= 0.6 is 0 Å². The van der Waals surface area contributed by atoms with E-state index >= 15 is 0 Å². The molecule has 1 atom stereocenters. The van der Waals surface area contributed by atoms with Crippen LogP contribution in [0.5, 0.6) is 0 Å². The third-order valence-electron chi connectivity index (χ3n) is 3.53. The minimum atomic E-state index is -3.55. The third kappa shape index (κ3) is 3.11. The number of nitrogens with zero attached hydrogens (tertiary/aromatic N) is 5. The van der Waals surface area contributed by atoms with Crippen molar-refractivity contribution in [1.29, 1.82) is 0 Å². The van der Waals surface area contributed by atoms with Gasteiger partial charge in [-0.05, 0) is 19.1 Å². The highest BCUT2D eigenvalue weighted by molar-refractivity contribution is 7.89. The fraction of sp³-hybridized carbons (Fsp3) is 0.462. The summed E-state index contributed by atoms with van der Waals surface area (Å²) in [5.41, 5.74) is 5.83. The Bertz CT molecular complexity index is 765. The topological polar surface area (TPSA) is 116 Å². The van der Waals surface area contributed by atoms with Crippen molar-refractivity contribution >= 4 is 10.0 Å². The van der Waals surface area contributed by atoms with Crippen molar-refractivity contribution in [2.24, 2.45) is 5.73 Å². The zero-order chi connectivity index (χ0) is 16.4. The molecule has 0 spiro atoms. The molecule has 10 heteroatoms. The first-order valence-corrected chi connectivity index (χ1v) is 8.64. The van der Waals surface area contributed by atoms with Crippen LogP contribution in [0, 0.1) is 0 Å². The predicted octanol–water partition coefficient (Wildman–Crippen LogP) is -0.297. The normalized spacial score (nSPS) is 18.0. The molecule has 124 valence electrons. The molecule has 3 rings (SSSR count). The standard InChI is InChI=1S/C13H18N6O3S/c1-10(14)13-16-9-17-19(13)12-3-2-11(8-15-12)23(20,21)18-4-6-22-7-5-18/h2-3,8-10H,4-7,14H2,1H3/t10-/m0/s1. The number of hydrogen-bond donors (Lipinski definition) is 1. The van der Waals surface area contributed by atoms with Crippen molar-refractivity contribution in [3.63, 3.8) is 0 Å². The van der Waals surface area contributed by atoms with Crippen LogP contribution in [0.25, 0.3) is 5.82 Å². The summed E-state index contributed by atoms with van der Waals surface area (Å²) in [6.45, 7) is 3.30. The van der Waals surface area contributed by atoms with Crippen LogP contribution in [-0.4, -0.2) is 58.8 Å². The van der Waals surface area contributed by atoms with Gasteiger partial charge in [-0.15, -0.1) is 0 Å². The Balaban J connectivity index is 1.88. The van der Waals surface area contributed by atoms with Crippen LogP contribution in [0.15, 0.2) is 29.6 Å². The number of morpholine rings is 1. The molecule has 3 heterocycles. The Morgan fingerprint density at radius 1 is 1.26 bits per heavy atom. The van der Waals surface area contributed by atoms with Gasteiger partial charge in [0, 0.05) is 19.3 Å². The Kier molecular flexibility index (Phi) is 4.39. The van der Waals surface area contributed by atoms with Gasteiger partial charge in [0.15, 0.2) is 11.6 Å². The van der Waals surface area contributed by atoms with E-state index in [1.165, 1.54) is 27.6 Å². The van der Waals surface area contributed by atoms with Crippen LogP contribution in [-0.2, 0) is 14.8 Å². The van der Waals surface area contributed by atoms with E-state index in [1.54, 1.807) is 13.0 Å². The van der Waals surface area contributed by atoms with Crippen molar-refractivity contribution in [2.75, 3.05) is 26.3 Å². The fourth-order valence-electron chi connectivity index (χ4n) is 2.32. The molecule has 9 nitrogen and oxygen atoms in total. The summed E-state index contributed by atoms with van der Waals surface area (Å²) >= 11 is 0. The fourth-order valence-corrected chi connectivity index (χ4v) is 3.68. The molecule has 0 aliphatic carbocycles. The van der Waals surface area contributed by atoms with Crippen molar-refractivity contribution in [3.8, 4) is 5.82 Å². The molecule has 2 aromatic rings. The molecule has 0 bridgehead atoms. The van der Waals surface area contributed by atoms with E-state index in [0.717, 1.165) is 0 Å². The Morgan fingerprint density at radius 2 is 2.00 bits per heavy atom. The van der Waals surface area contributed by atoms with E-state index in [0.29, 0.717) is 37.9 Å². The summed E-state index contributed by atoms with van der Waals surface area (Å²) in [4.78, 5) is 8.42. The molecule has 1 fully saturated rings. The van der Waals surface area contributed by atoms with E-state index in [2.05, 4.69) is 15.1 Å². The minimum absolute atomic E-state index is 0.144. The molecule has 1 saturated heterocycles. The number of pyridine rings is 1. The van der Waals surface area contributed by atoms with Crippen molar-refractivity contribution in [3.05, 3.63) is 30.5 Å². The predicted molar refractivity (Wildman–Crippen MR) is 81.3 cm³/mol. The lowest BCUT2D eigenvalue weighted by molar-refractivity contribution is 0.0730. The maximum atomic E-state index is 12.5. The lowest BCUT2D eigenvalue weighted by Crippen LogP contribution is -2.40. The number of ether oxygens (including phenoxy) is 1. The van der Waals surface area contributed by atoms with Gasteiger partial charge in [0.05, 0.1) is 19.3 Å². The first-order valence-electron chi connectivity index (χ1n) is 7.20. The monoisotopic (exact) mass is 338 g/mol. The Labute approximate surface area is 134 Å². The zero-order valence-electron chi connectivity index (χ0n) is 12.7. The van der Waals surface area contributed by atoms with Crippen LogP contribution in [0.4, 0.5) is 0 Å². The zero-order valence-corrected chi connectivity index (χ0v) is 13.5. The summed E-state index contributed by atoms with van der Waals surface area (Å²) < 4.78 is 33.1. The van der Waals surface area contributed by atoms with Crippen LogP contribution < -0.4 is 5.73 Å². The average Bonchev–Trinajstić information content (AvgIpc) is 3.06. The molecule has 2 N–H and O–H groups in total. The minimum Gasteiger partial charge on any atom is -0.379 e. The van der Waals surface area contributed by atoms with Crippen LogP contribution in [0.1, 0.15) is 18.8 Å². The van der Waals surface area contributed by atoms with Gasteiger partial charge in [-0.25, -0.2) is 18.4 Å². The number of hydrogen-bond acceptors (Lipinski definition) is 7. The van der Waals surface area contributed by atoms with Gasteiger partial charge in [0.2, 0.25) is 10.0 Å². The van der Waals surface area contributed by atoms with Gasteiger partial charge >= 0.3 is 0 Å². The van der Waals surface area contributed by atoms with E-state index in [-0.39, 0.29) is 10.9 Å². The quantitative estimate of drug-likeness (QED) is 0.813. The highest BCUT2D eigenvalue weighted by Crippen LogP contribution is 2.18. The maximum absolute atomic E-state index is 12.5. The molecule has 0 saturated carbocycles. The molecule has 1 aliphatic heterocycles. The molecule has 0 unspecified atom stereocenters. The number of aromatic nitrogens is 4. The average molecular weight is 338 g/mol. The van der Waals surface area contributed by atoms with E-state index in [1.807, 2.05) is 0 Å². The highest BCUT2D eigenvalue weighted by atomic mass is 32.2. The first-order chi connectivity index (χ1) is 11.0. The van der Waals surface area contributed by atoms with Gasteiger partial charge in [-0.2, -0.15) is 14.1 Å². The molecule has 0 aromatic carbocycles. The molecular formula is C13H18N6O3S. The number of rotatable bonds is 4. The van der Waals surface area contributed by atoms with Gasteiger partial charge < -0.3 is 10.5 Å². The van der Waals surface area contributed by atoms with Crippen LogP contribution in [0.3, 0.4) is 0 Å². The second-order valence-corrected chi connectivity index (χ2v) is 7.13. The van der Waals surface area contributed by atoms with Crippen molar-refractivity contribution in [1.82, 2.24) is 24.1 Å². The maximum Gasteiger partial charge on any atom is 0.244 e. The van der Waals surface area contributed by atoms with Gasteiger partial charge in [-0.1, -0.05) is 0 Å². The molecule has 2 aromatic heterocycles. The SMILES string of the molecule is C[C@H](N)c1ncnn1-c1ccc(S(=O)(=O)N2CCOCC2)cn1. The third-order valence-corrected chi connectivity index (χ3v) is 5.41. The molecule has 0 radical (unpaired) electrons. The lowest BCUT2D eigenvalue weighted by atomic mass is 10.3. The Hall–Kier alpha value is -1.88.